The van der Waals surface area contributed by atoms with Gasteiger partial charge in [-0.2, -0.15) is 0 Å². The van der Waals surface area contributed by atoms with Crippen LogP contribution < -0.4 is 0 Å². The molecule has 0 aliphatic carbocycles. The monoisotopic (exact) mass is 377 g/mol. The van der Waals surface area contributed by atoms with Gasteiger partial charge in [0.2, 0.25) is 0 Å². The van der Waals surface area contributed by atoms with E-state index in [2.05, 4.69) is 34.9 Å². The molecule has 0 radical (unpaired) electrons. The van der Waals surface area contributed by atoms with Crippen LogP contribution in [0, 0.1) is 0 Å². The number of carbonyl (C=O) groups excluding carboxylic acids is 1. The second-order valence-electron chi connectivity index (χ2n) is 8.38. The lowest BCUT2D eigenvalue weighted by Crippen LogP contribution is -2.41. The van der Waals surface area contributed by atoms with Crippen LogP contribution >= 0.6 is 0 Å². The van der Waals surface area contributed by atoms with Crippen LogP contribution in [0.1, 0.15) is 45.4 Å². The summed E-state index contributed by atoms with van der Waals surface area (Å²) in [6.07, 6.45) is 3.65. The number of hydrogen-bond donors (Lipinski definition) is 0. The summed E-state index contributed by atoms with van der Waals surface area (Å²) < 4.78 is 7.72. The first-order valence-corrected chi connectivity index (χ1v) is 9.93. The Morgan fingerprint density at radius 2 is 1.71 bits per heavy atom. The van der Waals surface area contributed by atoms with Crippen molar-refractivity contribution in [1.82, 2.24) is 14.3 Å². The molecule has 1 amide bonds. The minimum absolute atomic E-state index is 0.219. The lowest BCUT2D eigenvalue weighted by Gasteiger charge is -2.33. The summed E-state index contributed by atoms with van der Waals surface area (Å²) in [6, 6.07) is 16.5. The number of likely N-dealkylation sites (tertiary alicyclic amines) is 1. The van der Waals surface area contributed by atoms with Gasteiger partial charge in [0.25, 0.3) is 0 Å². The van der Waals surface area contributed by atoms with Crippen molar-refractivity contribution in [2.45, 2.75) is 45.1 Å². The van der Waals surface area contributed by atoms with Gasteiger partial charge in [-0.05, 0) is 45.7 Å². The normalized spacial score (nSPS) is 15.8. The van der Waals surface area contributed by atoms with Gasteiger partial charge < -0.3 is 14.0 Å². The Balaban J connectivity index is 1.57. The molecule has 3 heterocycles. The highest BCUT2D eigenvalue weighted by molar-refractivity contribution is 5.77. The third kappa shape index (κ3) is 3.75. The number of carbonyl (C=O) groups is 1. The first-order chi connectivity index (χ1) is 13.4. The molecule has 28 heavy (non-hydrogen) atoms. The van der Waals surface area contributed by atoms with Gasteiger partial charge >= 0.3 is 6.09 Å². The van der Waals surface area contributed by atoms with Crippen molar-refractivity contribution in [2.24, 2.45) is 0 Å². The number of ether oxygens (including phenoxy) is 1. The molecule has 0 N–H and O–H groups in total. The highest BCUT2D eigenvalue weighted by atomic mass is 16.6. The molecule has 0 bridgehead atoms. The van der Waals surface area contributed by atoms with Crippen LogP contribution in [-0.2, 0) is 4.74 Å². The summed E-state index contributed by atoms with van der Waals surface area (Å²) in [5.41, 5.74) is 2.81. The fourth-order valence-electron chi connectivity index (χ4n) is 3.80. The zero-order chi connectivity index (χ0) is 19.7. The third-order valence-electron chi connectivity index (χ3n) is 5.13. The van der Waals surface area contributed by atoms with E-state index in [1.54, 1.807) is 0 Å². The molecule has 0 spiro atoms. The Morgan fingerprint density at radius 1 is 1.04 bits per heavy atom. The zero-order valence-electron chi connectivity index (χ0n) is 16.8. The molecule has 1 fully saturated rings. The zero-order valence-corrected chi connectivity index (χ0v) is 16.8. The first-order valence-electron chi connectivity index (χ1n) is 9.93. The van der Waals surface area contributed by atoms with Gasteiger partial charge in [-0.15, -0.1) is 0 Å². The molecular formula is C23H27N3O2. The average molecular weight is 377 g/mol. The van der Waals surface area contributed by atoms with Crippen molar-refractivity contribution < 1.29 is 9.53 Å². The Hall–Kier alpha value is -2.82. The first kappa shape index (κ1) is 18.5. The number of nitrogens with zero attached hydrogens (tertiary/aromatic N) is 3. The van der Waals surface area contributed by atoms with Crippen LogP contribution in [0.4, 0.5) is 4.79 Å². The van der Waals surface area contributed by atoms with Gasteiger partial charge in [-0.25, -0.2) is 9.78 Å². The number of piperidine rings is 1. The summed E-state index contributed by atoms with van der Waals surface area (Å²) in [6.45, 7) is 7.10. The fraction of sp³-hybridized carbons (Fsp3) is 0.391. The van der Waals surface area contributed by atoms with Gasteiger partial charge in [0, 0.05) is 30.8 Å². The number of rotatable bonds is 2. The van der Waals surface area contributed by atoms with Crippen molar-refractivity contribution in [3.63, 3.8) is 0 Å². The molecule has 4 rings (SSSR count). The standard InChI is InChI=1S/C23H27N3O2/c1-23(2,3)28-22(27)25-15-12-18(13-16-25)21-24-20(17-9-5-4-6-10-17)19-11-7-8-14-26(19)21/h4-11,14,18H,12-13,15-16H2,1-3H3. The van der Waals surface area contributed by atoms with Crippen molar-refractivity contribution in [3.8, 4) is 11.3 Å². The van der Waals surface area contributed by atoms with Gasteiger partial charge in [0.1, 0.15) is 11.4 Å². The Morgan fingerprint density at radius 3 is 2.39 bits per heavy atom. The predicted octanol–water partition coefficient (Wildman–Crippen LogP) is 5.12. The van der Waals surface area contributed by atoms with E-state index in [4.69, 9.17) is 9.72 Å². The van der Waals surface area contributed by atoms with E-state index in [1.165, 1.54) is 0 Å². The van der Waals surface area contributed by atoms with E-state index in [9.17, 15) is 4.79 Å². The van der Waals surface area contributed by atoms with E-state index >= 15 is 0 Å². The fourth-order valence-corrected chi connectivity index (χ4v) is 3.80. The average Bonchev–Trinajstić information content (AvgIpc) is 3.07. The third-order valence-corrected chi connectivity index (χ3v) is 5.13. The van der Waals surface area contributed by atoms with Crippen LogP contribution in [-0.4, -0.2) is 39.1 Å². The van der Waals surface area contributed by atoms with E-state index in [0.717, 1.165) is 35.4 Å². The van der Waals surface area contributed by atoms with Crippen LogP contribution in [0.25, 0.3) is 16.8 Å². The molecule has 3 aromatic rings. The van der Waals surface area contributed by atoms with E-state index < -0.39 is 5.60 Å². The number of fused-ring (bicyclic) bond motifs is 1. The molecule has 1 aliphatic rings. The topological polar surface area (TPSA) is 46.8 Å². The molecule has 0 saturated carbocycles. The number of pyridine rings is 1. The maximum absolute atomic E-state index is 12.3. The Kier molecular flexibility index (Phi) is 4.84. The van der Waals surface area contributed by atoms with E-state index in [0.29, 0.717) is 19.0 Å². The van der Waals surface area contributed by atoms with Gasteiger partial charge in [0.15, 0.2) is 0 Å². The summed E-state index contributed by atoms with van der Waals surface area (Å²) in [5.74, 6) is 1.41. The highest BCUT2D eigenvalue weighted by Gasteiger charge is 2.29. The number of benzene rings is 1. The number of imidazole rings is 1. The maximum Gasteiger partial charge on any atom is 0.410 e. The molecule has 5 heteroatoms. The highest BCUT2D eigenvalue weighted by Crippen LogP contribution is 2.33. The lowest BCUT2D eigenvalue weighted by molar-refractivity contribution is 0.0203. The molecule has 2 aromatic heterocycles. The minimum atomic E-state index is -0.461. The second kappa shape index (κ2) is 7.30. The molecule has 0 atom stereocenters. The van der Waals surface area contributed by atoms with Gasteiger partial charge in [0.05, 0.1) is 11.2 Å². The number of aromatic nitrogens is 2. The van der Waals surface area contributed by atoms with Crippen molar-refractivity contribution in [2.75, 3.05) is 13.1 Å². The Bertz CT molecular complexity index is 964. The van der Waals surface area contributed by atoms with Crippen molar-refractivity contribution in [3.05, 3.63) is 60.6 Å². The summed E-state index contributed by atoms with van der Waals surface area (Å²) in [4.78, 5) is 19.2. The summed E-state index contributed by atoms with van der Waals surface area (Å²) >= 11 is 0. The van der Waals surface area contributed by atoms with Gasteiger partial charge in [-0.3, -0.25) is 0 Å². The van der Waals surface area contributed by atoms with Crippen LogP contribution in [0.5, 0.6) is 0 Å². The largest absolute Gasteiger partial charge is 0.444 e. The lowest BCUT2D eigenvalue weighted by atomic mass is 9.96. The molecular weight excluding hydrogens is 350 g/mol. The van der Waals surface area contributed by atoms with Crippen LogP contribution in [0.3, 0.4) is 0 Å². The van der Waals surface area contributed by atoms with Crippen LogP contribution in [0.15, 0.2) is 54.7 Å². The van der Waals surface area contributed by atoms with E-state index in [1.807, 2.05) is 49.9 Å². The van der Waals surface area contributed by atoms with Gasteiger partial charge in [-0.1, -0.05) is 36.4 Å². The van der Waals surface area contributed by atoms with E-state index in [-0.39, 0.29) is 6.09 Å². The molecule has 5 nitrogen and oxygen atoms in total. The second-order valence-corrected chi connectivity index (χ2v) is 8.38. The molecule has 0 unspecified atom stereocenters. The van der Waals surface area contributed by atoms with Crippen molar-refractivity contribution in [1.29, 1.82) is 0 Å². The smallest absolute Gasteiger partial charge is 0.410 e. The minimum Gasteiger partial charge on any atom is -0.444 e. The van der Waals surface area contributed by atoms with Crippen LogP contribution in [0.2, 0.25) is 0 Å². The molecule has 1 aromatic carbocycles. The summed E-state index contributed by atoms with van der Waals surface area (Å²) in [7, 11) is 0. The maximum atomic E-state index is 12.3. The molecule has 1 aliphatic heterocycles. The molecule has 146 valence electrons. The number of hydrogen-bond acceptors (Lipinski definition) is 3. The SMILES string of the molecule is CC(C)(C)OC(=O)N1CCC(c2nc(-c3ccccc3)c3ccccn23)CC1. The molecule has 1 saturated heterocycles. The quantitative estimate of drug-likeness (QED) is 0.623. The number of amides is 1. The Labute approximate surface area is 166 Å². The summed E-state index contributed by atoms with van der Waals surface area (Å²) in [5, 5.41) is 0. The van der Waals surface area contributed by atoms with Crippen molar-refractivity contribution >= 4 is 11.6 Å². The predicted molar refractivity (Wildman–Crippen MR) is 110 cm³/mol.